The first-order chi connectivity index (χ1) is 10.6. The van der Waals surface area contributed by atoms with E-state index in [1.165, 1.54) is 0 Å². The fourth-order valence-corrected chi connectivity index (χ4v) is 3.06. The molecule has 0 aliphatic carbocycles. The number of aromatic nitrogens is 4. The summed E-state index contributed by atoms with van der Waals surface area (Å²) in [6.45, 7) is 3.99. The second-order valence-corrected chi connectivity index (χ2v) is 5.71. The molecular formula is C17H13ClN4. The van der Waals surface area contributed by atoms with E-state index < -0.39 is 0 Å². The highest BCUT2D eigenvalue weighted by Gasteiger charge is 2.17. The lowest BCUT2D eigenvalue weighted by atomic mass is 10.1. The Morgan fingerprint density at radius 3 is 2.73 bits per heavy atom. The van der Waals surface area contributed by atoms with Gasteiger partial charge in [0.15, 0.2) is 11.5 Å². The Kier molecular flexibility index (Phi) is 2.87. The monoisotopic (exact) mass is 308 g/mol. The van der Waals surface area contributed by atoms with E-state index in [9.17, 15) is 0 Å². The van der Waals surface area contributed by atoms with Crippen LogP contribution in [0.15, 0.2) is 42.6 Å². The summed E-state index contributed by atoms with van der Waals surface area (Å²) in [7, 11) is 0. The summed E-state index contributed by atoms with van der Waals surface area (Å²) >= 11 is 6.64. The van der Waals surface area contributed by atoms with Gasteiger partial charge in [-0.1, -0.05) is 29.3 Å². The van der Waals surface area contributed by atoms with Gasteiger partial charge in [-0.2, -0.15) is 9.78 Å². The van der Waals surface area contributed by atoms with Gasteiger partial charge in [-0.25, -0.2) is 9.97 Å². The zero-order chi connectivity index (χ0) is 15.3. The molecule has 0 aliphatic heterocycles. The largest absolute Gasteiger partial charge is 0.237 e. The Hall–Kier alpha value is -2.46. The minimum atomic E-state index is 0.698. The maximum absolute atomic E-state index is 6.64. The molecule has 0 bridgehead atoms. The Balaban J connectivity index is 2.14. The minimum Gasteiger partial charge on any atom is -0.237 e. The van der Waals surface area contributed by atoms with Crippen molar-refractivity contribution in [3.05, 3.63) is 58.9 Å². The van der Waals surface area contributed by atoms with Gasteiger partial charge in [-0.15, -0.1) is 0 Å². The molecule has 4 rings (SSSR count). The zero-order valence-corrected chi connectivity index (χ0v) is 13.0. The van der Waals surface area contributed by atoms with E-state index in [-0.39, 0.29) is 0 Å². The fraction of sp³-hybridized carbons (Fsp3) is 0.118. The average Bonchev–Trinajstić information content (AvgIpc) is 2.86. The molecule has 5 heteroatoms. The highest BCUT2D eigenvalue weighted by molar-refractivity contribution is 6.40. The molecule has 108 valence electrons. The lowest BCUT2D eigenvalue weighted by Gasteiger charge is -2.05. The van der Waals surface area contributed by atoms with Crippen molar-refractivity contribution in [2.75, 3.05) is 0 Å². The van der Waals surface area contributed by atoms with Crippen molar-refractivity contribution in [3.8, 4) is 5.82 Å². The average molecular weight is 309 g/mol. The minimum absolute atomic E-state index is 0.698. The van der Waals surface area contributed by atoms with E-state index in [1.807, 2.05) is 44.2 Å². The molecule has 4 nitrogen and oxygen atoms in total. The molecule has 0 atom stereocenters. The van der Waals surface area contributed by atoms with Gasteiger partial charge < -0.3 is 0 Å². The lowest BCUT2D eigenvalue weighted by molar-refractivity contribution is 0.848. The molecule has 0 radical (unpaired) electrons. The highest BCUT2D eigenvalue weighted by Crippen LogP contribution is 2.33. The lowest BCUT2D eigenvalue weighted by Crippen LogP contribution is -2.00. The third kappa shape index (κ3) is 1.88. The summed E-state index contributed by atoms with van der Waals surface area (Å²) < 4.78 is 1.75. The normalized spacial score (nSPS) is 11.4. The van der Waals surface area contributed by atoms with Gasteiger partial charge in [0.2, 0.25) is 0 Å². The SMILES string of the molecule is Cc1ccc2nc3c(c(C)nn3-c3ccccn3)c(Cl)c2c1. The van der Waals surface area contributed by atoms with Crippen LogP contribution in [-0.2, 0) is 0 Å². The van der Waals surface area contributed by atoms with Crippen LogP contribution in [0.4, 0.5) is 0 Å². The van der Waals surface area contributed by atoms with E-state index in [4.69, 9.17) is 16.6 Å². The number of pyridine rings is 2. The maximum Gasteiger partial charge on any atom is 0.167 e. The van der Waals surface area contributed by atoms with E-state index >= 15 is 0 Å². The Labute approximate surface area is 132 Å². The van der Waals surface area contributed by atoms with Crippen molar-refractivity contribution < 1.29 is 0 Å². The van der Waals surface area contributed by atoms with Crippen molar-refractivity contribution in [1.82, 2.24) is 19.7 Å². The van der Waals surface area contributed by atoms with Gasteiger partial charge in [-0.05, 0) is 38.1 Å². The van der Waals surface area contributed by atoms with Crippen LogP contribution in [0.5, 0.6) is 0 Å². The number of aryl methyl sites for hydroxylation is 2. The molecule has 0 saturated carbocycles. The maximum atomic E-state index is 6.64. The summed E-state index contributed by atoms with van der Waals surface area (Å²) in [6, 6.07) is 11.8. The molecule has 0 spiro atoms. The number of nitrogens with zero attached hydrogens (tertiary/aromatic N) is 4. The predicted molar refractivity (Wildman–Crippen MR) is 88.7 cm³/mol. The summed E-state index contributed by atoms with van der Waals surface area (Å²) in [5, 5.41) is 7.11. The van der Waals surface area contributed by atoms with Crippen LogP contribution in [0.1, 0.15) is 11.3 Å². The van der Waals surface area contributed by atoms with Crippen LogP contribution < -0.4 is 0 Å². The van der Waals surface area contributed by atoms with Gasteiger partial charge in [0.1, 0.15) is 0 Å². The summed E-state index contributed by atoms with van der Waals surface area (Å²) in [5.41, 5.74) is 3.60. The third-order valence-corrected chi connectivity index (χ3v) is 4.13. The Morgan fingerprint density at radius 2 is 1.95 bits per heavy atom. The predicted octanol–water partition coefficient (Wildman–Crippen LogP) is 4.24. The van der Waals surface area contributed by atoms with Crippen molar-refractivity contribution in [3.63, 3.8) is 0 Å². The molecule has 0 N–H and O–H groups in total. The first kappa shape index (κ1) is 13.2. The smallest absolute Gasteiger partial charge is 0.167 e. The van der Waals surface area contributed by atoms with E-state index in [1.54, 1.807) is 10.9 Å². The quantitative estimate of drug-likeness (QED) is 0.528. The van der Waals surface area contributed by atoms with Crippen LogP contribution in [0, 0.1) is 13.8 Å². The van der Waals surface area contributed by atoms with Gasteiger partial charge in [-0.3, -0.25) is 0 Å². The molecule has 0 amide bonds. The Morgan fingerprint density at radius 1 is 1.09 bits per heavy atom. The molecule has 4 aromatic rings. The number of hydrogen-bond acceptors (Lipinski definition) is 3. The molecule has 0 saturated heterocycles. The zero-order valence-electron chi connectivity index (χ0n) is 12.2. The van der Waals surface area contributed by atoms with Crippen LogP contribution in [0.3, 0.4) is 0 Å². The molecule has 1 aromatic carbocycles. The first-order valence-corrected chi connectivity index (χ1v) is 7.39. The van der Waals surface area contributed by atoms with Crippen molar-refractivity contribution >= 4 is 33.5 Å². The highest BCUT2D eigenvalue weighted by atomic mass is 35.5. The number of benzene rings is 1. The van der Waals surface area contributed by atoms with Crippen molar-refractivity contribution in [2.24, 2.45) is 0 Å². The van der Waals surface area contributed by atoms with Gasteiger partial charge >= 0.3 is 0 Å². The standard InChI is InChI=1S/C17H13ClN4/c1-10-6-7-13-12(9-10)16(18)15-11(2)21-22(17(15)20-13)14-5-3-4-8-19-14/h3-9H,1-2H3. The Bertz CT molecular complexity index is 1010. The second kappa shape index (κ2) is 4.78. The van der Waals surface area contributed by atoms with Crippen LogP contribution in [0.2, 0.25) is 5.02 Å². The van der Waals surface area contributed by atoms with Crippen LogP contribution >= 0.6 is 11.6 Å². The third-order valence-electron chi connectivity index (χ3n) is 3.74. The van der Waals surface area contributed by atoms with Crippen molar-refractivity contribution in [2.45, 2.75) is 13.8 Å². The molecular weight excluding hydrogens is 296 g/mol. The topological polar surface area (TPSA) is 43.6 Å². The summed E-state index contributed by atoms with van der Waals surface area (Å²) in [4.78, 5) is 9.11. The first-order valence-electron chi connectivity index (χ1n) is 7.02. The molecule has 22 heavy (non-hydrogen) atoms. The van der Waals surface area contributed by atoms with E-state index in [2.05, 4.69) is 16.1 Å². The van der Waals surface area contributed by atoms with E-state index in [0.29, 0.717) is 5.02 Å². The molecule has 0 aliphatic rings. The number of hydrogen-bond donors (Lipinski definition) is 0. The number of rotatable bonds is 1. The van der Waals surface area contributed by atoms with Gasteiger partial charge in [0, 0.05) is 11.6 Å². The molecule has 0 unspecified atom stereocenters. The fourth-order valence-electron chi connectivity index (χ4n) is 2.69. The van der Waals surface area contributed by atoms with Crippen LogP contribution in [0.25, 0.3) is 27.8 Å². The summed E-state index contributed by atoms with van der Waals surface area (Å²) in [5.74, 6) is 0.732. The molecule has 3 aromatic heterocycles. The molecule has 0 fully saturated rings. The number of halogens is 1. The van der Waals surface area contributed by atoms with E-state index in [0.717, 1.165) is 39.0 Å². The second-order valence-electron chi connectivity index (χ2n) is 5.33. The van der Waals surface area contributed by atoms with Crippen LogP contribution in [-0.4, -0.2) is 19.7 Å². The van der Waals surface area contributed by atoms with Gasteiger partial charge in [0.25, 0.3) is 0 Å². The molecule has 3 heterocycles. The summed E-state index contributed by atoms with van der Waals surface area (Å²) in [6.07, 6.45) is 1.74. The number of fused-ring (bicyclic) bond motifs is 2. The van der Waals surface area contributed by atoms with Crippen molar-refractivity contribution in [1.29, 1.82) is 0 Å². The van der Waals surface area contributed by atoms with Gasteiger partial charge in [0.05, 0.1) is 21.6 Å².